The van der Waals surface area contributed by atoms with Gasteiger partial charge in [0.15, 0.2) is 0 Å². The summed E-state index contributed by atoms with van der Waals surface area (Å²) >= 11 is 1.52. The number of ether oxygens (including phenoxy) is 1. The van der Waals surface area contributed by atoms with Gasteiger partial charge in [0, 0.05) is 18.8 Å². The lowest BCUT2D eigenvalue weighted by molar-refractivity contribution is -0.150. The number of esters is 1. The zero-order valence-corrected chi connectivity index (χ0v) is 17.5. The number of thioether (sulfide) groups is 1. The van der Waals surface area contributed by atoms with Gasteiger partial charge >= 0.3 is 23.8 Å². The molecule has 0 aromatic carbocycles. The highest BCUT2D eigenvalue weighted by Crippen LogP contribution is 2.58. The van der Waals surface area contributed by atoms with E-state index in [0.717, 1.165) is 24.2 Å². The fourth-order valence-corrected chi connectivity index (χ4v) is 7.89. The molecule has 6 rings (SSSR count). The van der Waals surface area contributed by atoms with E-state index in [1.807, 2.05) is 4.90 Å². The molecule has 29 heavy (non-hydrogen) atoms. The number of urea groups is 1. The summed E-state index contributed by atoms with van der Waals surface area (Å²) in [6.45, 7) is 1.11. The van der Waals surface area contributed by atoms with Crippen molar-refractivity contribution in [2.45, 2.75) is 49.3 Å². The second-order valence-corrected chi connectivity index (χ2v) is 10.7. The molecule has 0 radical (unpaired) electrons. The van der Waals surface area contributed by atoms with Crippen LogP contribution in [0.25, 0.3) is 0 Å². The molecule has 1 atom stereocenters. The fourth-order valence-electron chi connectivity index (χ4n) is 6.69. The molecule has 6 aliphatic rings. The summed E-state index contributed by atoms with van der Waals surface area (Å²) in [7, 11) is 1.36. The Bertz CT molecular complexity index is 736. The first-order chi connectivity index (χ1) is 13.9. The van der Waals surface area contributed by atoms with Gasteiger partial charge in [-0.15, -0.1) is 11.8 Å². The van der Waals surface area contributed by atoms with E-state index in [2.05, 4.69) is 0 Å². The molecule has 2 aliphatic heterocycles. The molecule has 0 unspecified atom stereocenters. The second kappa shape index (κ2) is 6.97. The predicted molar refractivity (Wildman–Crippen MR) is 105 cm³/mol. The third-order valence-corrected chi connectivity index (χ3v) is 8.65. The Balaban J connectivity index is 1.33. The molecule has 158 valence electrons. The molecule has 6 fully saturated rings. The van der Waals surface area contributed by atoms with Crippen LogP contribution in [0.5, 0.6) is 0 Å². The number of nitrogens with zero attached hydrogens (tertiary/aromatic N) is 3. The molecule has 0 N–H and O–H groups in total. The standard InChI is InChI=1S/C20H27N3O5S/c1-28-18(26)15-10-21(2-3-29-15)11-22-16(24)17(25)23(19(22)27)20-7-12-4-13(8-20)6-14(5-12)9-20/h12-15H,2-11H2,1H3/t12?,13?,14?,15-,20?/m0/s1. The molecule has 9 heteroatoms. The maximum absolute atomic E-state index is 13.3. The molecule has 4 amide bonds. The van der Waals surface area contributed by atoms with Gasteiger partial charge in [0.2, 0.25) is 0 Å². The molecule has 4 bridgehead atoms. The Labute approximate surface area is 174 Å². The highest BCUT2D eigenvalue weighted by atomic mass is 32.2. The maximum atomic E-state index is 13.3. The molecule has 0 spiro atoms. The van der Waals surface area contributed by atoms with Gasteiger partial charge < -0.3 is 4.74 Å². The zero-order valence-electron chi connectivity index (χ0n) is 16.7. The van der Waals surface area contributed by atoms with Gasteiger partial charge in [-0.05, 0) is 56.3 Å². The van der Waals surface area contributed by atoms with Gasteiger partial charge in [0.25, 0.3) is 0 Å². The van der Waals surface area contributed by atoms with E-state index in [9.17, 15) is 19.2 Å². The van der Waals surface area contributed by atoms with Crippen LogP contribution in [0.4, 0.5) is 4.79 Å². The lowest BCUT2D eigenvalue weighted by atomic mass is 9.52. The third kappa shape index (κ3) is 3.08. The van der Waals surface area contributed by atoms with Crippen LogP contribution in [0.2, 0.25) is 0 Å². The van der Waals surface area contributed by atoms with Crippen molar-refractivity contribution < 1.29 is 23.9 Å². The lowest BCUT2D eigenvalue weighted by Crippen LogP contribution is -2.62. The average molecular weight is 422 g/mol. The predicted octanol–water partition coefficient (Wildman–Crippen LogP) is 1.29. The van der Waals surface area contributed by atoms with E-state index in [1.165, 1.54) is 43.0 Å². The number of rotatable bonds is 4. The smallest absolute Gasteiger partial charge is 0.335 e. The van der Waals surface area contributed by atoms with Crippen molar-refractivity contribution in [2.24, 2.45) is 17.8 Å². The van der Waals surface area contributed by atoms with Crippen LogP contribution in [0.15, 0.2) is 0 Å². The molecule has 8 nitrogen and oxygen atoms in total. The van der Waals surface area contributed by atoms with Crippen LogP contribution in [-0.4, -0.2) is 81.9 Å². The summed E-state index contributed by atoms with van der Waals surface area (Å²) in [5, 5.41) is -0.337. The molecule has 4 saturated carbocycles. The summed E-state index contributed by atoms with van der Waals surface area (Å²) in [6.07, 6.45) is 6.15. The van der Waals surface area contributed by atoms with Gasteiger partial charge in [0.1, 0.15) is 5.25 Å². The van der Waals surface area contributed by atoms with Crippen LogP contribution < -0.4 is 0 Å². The average Bonchev–Trinajstić information content (AvgIpc) is 2.90. The summed E-state index contributed by atoms with van der Waals surface area (Å²) < 4.78 is 4.83. The van der Waals surface area contributed by atoms with Crippen LogP contribution in [-0.2, 0) is 19.1 Å². The molecule has 0 aromatic rings. The second-order valence-electron chi connectivity index (χ2n) is 9.40. The van der Waals surface area contributed by atoms with Crippen LogP contribution >= 0.6 is 11.8 Å². The first-order valence-corrected chi connectivity index (χ1v) is 11.6. The van der Waals surface area contributed by atoms with Gasteiger partial charge in [-0.1, -0.05) is 0 Å². The number of hydrogen-bond acceptors (Lipinski definition) is 7. The highest BCUT2D eigenvalue weighted by molar-refractivity contribution is 8.00. The van der Waals surface area contributed by atoms with E-state index >= 15 is 0 Å². The Morgan fingerprint density at radius 1 is 1.07 bits per heavy atom. The minimum atomic E-state index is -0.724. The minimum Gasteiger partial charge on any atom is -0.468 e. The fraction of sp³-hybridized carbons (Fsp3) is 0.800. The van der Waals surface area contributed by atoms with Gasteiger partial charge in [-0.25, -0.2) is 14.6 Å². The first kappa shape index (κ1) is 19.4. The van der Waals surface area contributed by atoms with E-state index in [4.69, 9.17) is 4.74 Å². The number of imide groups is 2. The summed E-state index contributed by atoms with van der Waals surface area (Å²) in [6, 6.07) is -0.463. The maximum Gasteiger partial charge on any atom is 0.335 e. The van der Waals surface area contributed by atoms with Gasteiger partial charge in [-0.3, -0.25) is 19.3 Å². The number of carbonyl (C=O) groups excluding carboxylic acids is 4. The van der Waals surface area contributed by atoms with Crippen molar-refractivity contribution in [3.05, 3.63) is 0 Å². The molecular formula is C20H27N3O5S. The van der Waals surface area contributed by atoms with Crippen molar-refractivity contribution in [1.82, 2.24) is 14.7 Å². The molecule has 2 saturated heterocycles. The number of amides is 4. The topological polar surface area (TPSA) is 87.2 Å². The monoisotopic (exact) mass is 421 g/mol. The number of carbonyl (C=O) groups is 4. The minimum absolute atomic E-state index is 0.0559. The van der Waals surface area contributed by atoms with E-state index in [0.29, 0.717) is 36.6 Å². The normalized spacial score (nSPS) is 39.6. The van der Waals surface area contributed by atoms with Crippen LogP contribution in [0.1, 0.15) is 38.5 Å². The van der Waals surface area contributed by atoms with Crippen molar-refractivity contribution >= 4 is 35.6 Å². The summed E-state index contributed by atoms with van der Waals surface area (Å²) in [5.74, 6) is 0.752. The Kier molecular flexibility index (Phi) is 4.66. The van der Waals surface area contributed by atoms with Gasteiger partial charge in [-0.2, -0.15) is 0 Å². The number of methoxy groups -OCH3 is 1. The first-order valence-electron chi connectivity index (χ1n) is 10.5. The summed E-state index contributed by atoms with van der Waals surface area (Å²) in [5.41, 5.74) is -0.459. The number of hydrogen-bond donors (Lipinski definition) is 0. The largest absolute Gasteiger partial charge is 0.468 e. The Morgan fingerprint density at radius 2 is 1.69 bits per heavy atom. The lowest BCUT2D eigenvalue weighted by Gasteiger charge is -2.58. The van der Waals surface area contributed by atoms with E-state index < -0.39 is 23.4 Å². The quantitative estimate of drug-likeness (QED) is 0.384. The van der Waals surface area contributed by atoms with Crippen molar-refractivity contribution in [1.29, 1.82) is 0 Å². The molecule has 4 aliphatic carbocycles. The van der Waals surface area contributed by atoms with Crippen molar-refractivity contribution in [3.63, 3.8) is 0 Å². The Morgan fingerprint density at radius 3 is 2.28 bits per heavy atom. The van der Waals surface area contributed by atoms with Crippen LogP contribution in [0, 0.1) is 17.8 Å². The molecular weight excluding hydrogens is 394 g/mol. The Hall–Kier alpha value is -1.61. The van der Waals surface area contributed by atoms with Crippen LogP contribution in [0.3, 0.4) is 0 Å². The van der Waals surface area contributed by atoms with E-state index in [-0.39, 0.29) is 17.9 Å². The van der Waals surface area contributed by atoms with Crippen molar-refractivity contribution in [2.75, 3.05) is 32.6 Å². The molecule has 2 heterocycles. The summed E-state index contributed by atoms with van der Waals surface area (Å²) in [4.78, 5) is 55.1. The van der Waals surface area contributed by atoms with Crippen molar-refractivity contribution in [3.8, 4) is 0 Å². The zero-order chi connectivity index (χ0) is 20.3. The third-order valence-electron chi connectivity index (χ3n) is 7.49. The highest BCUT2D eigenvalue weighted by Gasteiger charge is 2.61. The SMILES string of the molecule is COC(=O)[C@@H]1CN(CN2C(=O)C(=O)N(C34CC5CC(CC(C5)C3)C4)C2=O)CCS1. The van der Waals surface area contributed by atoms with E-state index in [1.54, 1.807) is 0 Å². The van der Waals surface area contributed by atoms with Gasteiger partial charge in [0.05, 0.1) is 19.3 Å². The molecule has 0 aromatic heterocycles.